The number of ether oxygens (including phenoxy) is 2. The Morgan fingerprint density at radius 1 is 1.19 bits per heavy atom. The number of halogens is 5. The molecular formula is C17H9BrF4O4. The van der Waals surface area contributed by atoms with Gasteiger partial charge in [-0.15, -0.1) is 0 Å². The van der Waals surface area contributed by atoms with Crippen LogP contribution in [0.1, 0.15) is 5.56 Å². The van der Waals surface area contributed by atoms with Crippen LogP contribution in [0, 0.1) is 5.82 Å². The van der Waals surface area contributed by atoms with Gasteiger partial charge in [-0.2, -0.15) is 13.2 Å². The summed E-state index contributed by atoms with van der Waals surface area (Å²) in [5.74, 6) is -2.24. The number of rotatable bonds is 3. The van der Waals surface area contributed by atoms with Crippen LogP contribution in [0.3, 0.4) is 0 Å². The van der Waals surface area contributed by atoms with E-state index in [0.717, 1.165) is 12.1 Å². The molecule has 1 heterocycles. The second-order valence-electron chi connectivity index (χ2n) is 5.32. The van der Waals surface area contributed by atoms with Gasteiger partial charge in [0.1, 0.15) is 23.1 Å². The average molecular weight is 433 g/mol. The molecule has 0 aliphatic carbocycles. The third kappa shape index (κ3) is 3.67. The van der Waals surface area contributed by atoms with Crippen LogP contribution >= 0.6 is 15.9 Å². The van der Waals surface area contributed by atoms with Crippen molar-refractivity contribution in [3.05, 3.63) is 57.8 Å². The van der Waals surface area contributed by atoms with Gasteiger partial charge in [-0.05, 0) is 46.3 Å². The van der Waals surface area contributed by atoms with Crippen molar-refractivity contribution in [1.29, 1.82) is 0 Å². The van der Waals surface area contributed by atoms with E-state index in [1.54, 1.807) is 0 Å². The van der Waals surface area contributed by atoms with Gasteiger partial charge in [-0.1, -0.05) is 0 Å². The average Bonchev–Trinajstić information content (AvgIpc) is 2.56. The first kappa shape index (κ1) is 18.2. The van der Waals surface area contributed by atoms with E-state index < -0.39 is 29.6 Å². The fourth-order valence-corrected chi connectivity index (χ4v) is 2.66. The SMILES string of the molecule is O=C(O)C1=Cc2ccc(Oc3cc(F)ccc3Br)cc2OC1C(F)(F)F. The Labute approximate surface area is 152 Å². The summed E-state index contributed by atoms with van der Waals surface area (Å²) < 4.78 is 63.3. The second-order valence-corrected chi connectivity index (χ2v) is 6.18. The van der Waals surface area contributed by atoms with E-state index in [4.69, 9.17) is 14.6 Å². The molecule has 0 saturated carbocycles. The monoisotopic (exact) mass is 432 g/mol. The number of carboxylic acids is 1. The molecule has 0 bridgehead atoms. The maximum Gasteiger partial charge on any atom is 0.430 e. The van der Waals surface area contributed by atoms with E-state index in [1.165, 1.54) is 30.3 Å². The number of aliphatic carboxylic acids is 1. The van der Waals surface area contributed by atoms with Gasteiger partial charge in [-0.25, -0.2) is 9.18 Å². The molecule has 0 amide bonds. The quantitative estimate of drug-likeness (QED) is 0.679. The number of fused-ring (bicyclic) bond motifs is 1. The lowest BCUT2D eigenvalue weighted by Crippen LogP contribution is -2.40. The third-order valence-electron chi connectivity index (χ3n) is 3.49. The fraction of sp³-hybridized carbons (Fsp3) is 0.118. The first-order chi connectivity index (χ1) is 12.1. The number of benzene rings is 2. The molecule has 1 aliphatic rings. The summed E-state index contributed by atoms with van der Waals surface area (Å²) >= 11 is 3.18. The third-order valence-corrected chi connectivity index (χ3v) is 4.14. The molecular weight excluding hydrogens is 424 g/mol. The van der Waals surface area contributed by atoms with E-state index in [2.05, 4.69) is 15.9 Å². The number of carbonyl (C=O) groups is 1. The highest BCUT2D eigenvalue weighted by molar-refractivity contribution is 9.10. The number of carboxylic acid groups (broad SMARTS) is 1. The highest BCUT2D eigenvalue weighted by Gasteiger charge is 2.48. The zero-order valence-electron chi connectivity index (χ0n) is 12.7. The standard InChI is InChI=1S/C17H9BrF4O4/c18-12-4-2-9(19)6-14(12)25-10-3-1-8-5-11(16(23)24)15(17(20,21)22)26-13(8)7-10/h1-7,15H,(H,23,24). The van der Waals surface area contributed by atoms with Gasteiger partial charge in [0.05, 0.1) is 10.0 Å². The molecule has 136 valence electrons. The minimum Gasteiger partial charge on any atom is -0.478 e. The summed E-state index contributed by atoms with van der Waals surface area (Å²) in [6, 6.07) is 7.67. The van der Waals surface area contributed by atoms with Crippen molar-refractivity contribution in [2.24, 2.45) is 0 Å². The molecule has 0 spiro atoms. The molecule has 4 nitrogen and oxygen atoms in total. The van der Waals surface area contributed by atoms with E-state index in [9.17, 15) is 22.4 Å². The Bertz CT molecular complexity index is 908. The van der Waals surface area contributed by atoms with Gasteiger partial charge in [0.15, 0.2) is 0 Å². The highest BCUT2D eigenvalue weighted by atomic mass is 79.9. The van der Waals surface area contributed by atoms with Gasteiger partial charge in [0.25, 0.3) is 0 Å². The van der Waals surface area contributed by atoms with E-state index in [1.807, 2.05) is 0 Å². The van der Waals surface area contributed by atoms with Crippen LogP contribution in [-0.2, 0) is 4.79 Å². The molecule has 9 heteroatoms. The Kier molecular flexibility index (Phi) is 4.66. The maximum absolute atomic E-state index is 13.3. The summed E-state index contributed by atoms with van der Waals surface area (Å²) in [5.41, 5.74) is -0.750. The molecule has 3 rings (SSSR count). The van der Waals surface area contributed by atoms with E-state index >= 15 is 0 Å². The van der Waals surface area contributed by atoms with Crippen LogP contribution < -0.4 is 9.47 Å². The summed E-state index contributed by atoms with van der Waals surface area (Å²) in [4.78, 5) is 11.1. The Balaban J connectivity index is 1.97. The molecule has 0 aromatic heterocycles. The van der Waals surface area contributed by atoms with Crippen LogP contribution in [-0.4, -0.2) is 23.4 Å². The van der Waals surface area contributed by atoms with Crippen LogP contribution in [0.4, 0.5) is 17.6 Å². The first-order valence-corrected chi connectivity index (χ1v) is 7.89. The van der Waals surface area contributed by atoms with E-state index in [0.29, 0.717) is 4.47 Å². The lowest BCUT2D eigenvalue weighted by Gasteiger charge is -2.27. The Morgan fingerprint density at radius 2 is 1.92 bits per heavy atom. The minimum atomic E-state index is -4.90. The number of hydrogen-bond acceptors (Lipinski definition) is 3. The zero-order chi connectivity index (χ0) is 19.1. The fourth-order valence-electron chi connectivity index (χ4n) is 2.33. The lowest BCUT2D eigenvalue weighted by molar-refractivity contribution is -0.187. The minimum absolute atomic E-state index is 0.100. The lowest BCUT2D eigenvalue weighted by atomic mass is 10.0. The van der Waals surface area contributed by atoms with Gasteiger partial charge >= 0.3 is 12.1 Å². The molecule has 1 aliphatic heterocycles. The number of hydrogen-bond donors (Lipinski definition) is 1. The van der Waals surface area contributed by atoms with Crippen LogP contribution in [0.5, 0.6) is 17.2 Å². The summed E-state index contributed by atoms with van der Waals surface area (Å²) in [6.45, 7) is 0. The van der Waals surface area contributed by atoms with Crippen molar-refractivity contribution in [3.8, 4) is 17.2 Å². The molecule has 26 heavy (non-hydrogen) atoms. The Hall–Kier alpha value is -2.55. The Morgan fingerprint density at radius 3 is 2.58 bits per heavy atom. The van der Waals surface area contributed by atoms with Gasteiger partial charge in [-0.3, -0.25) is 0 Å². The molecule has 1 atom stereocenters. The van der Waals surface area contributed by atoms with Crippen molar-refractivity contribution >= 4 is 28.0 Å². The van der Waals surface area contributed by atoms with Crippen molar-refractivity contribution < 1.29 is 36.9 Å². The molecule has 1 N–H and O–H groups in total. The summed E-state index contributed by atoms with van der Waals surface area (Å²) in [5, 5.41) is 8.99. The largest absolute Gasteiger partial charge is 0.478 e. The second kappa shape index (κ2) is 6.64. The predicted molar refractivity (Wildman–Crippen MR) is 86.7 cm³/mol. The maximum atomic E-state index is 13.3. The highest BCUT2D eigenvalue weighted by Crippen LogP contribution is 2.40. The molecule has 2 aromatic rings. The van der Waals surface area contributed by atoms with E-state index in [-0.39, 0.29) is 22.8 Å². The van der Waals surface area contributed by atoms with Gasteiger partial charge in [0.2, 0.25) is 6.10 Å². The summed E-state index contributed by atoms with van der Waals surface area (Å²) in [6.07, 6.45) is -6.59. The zero-order valence-corrected chi connectivity index (χ0v) is 14.3. The van der Waals surface area contributed by atoms with Crippen molar-refractivity contribution in [1.82, 2.24) is 0 Å². The smallest absolute Gasteiger partial charge is 0.430 e. The molecule has 0 saturated heterocycles. The topological polar surface area (TPSA) is 55.8 Å². The van der Waals surface area contributed by atoms with Crippen molar-refractivity contribution in [2.75, 3.05) is 0 Å². The molecule has 0 fully saturated rings. The van der Waals surface area contributed by atoms with Gasteiger partial charge < -0.3 is 14.6 Å². The molecule has 0 radical (unpaired) electrons. The normalized spacial score (nSPS) is 16.3. The van der Waals surface area contributed by atoms with Crippen LogP contribution in [0.15, 0.2) is 46.4 Å². The molecule has 2 aromatic carbocycles. The summed E-state index contributed by atoms with van der Waals surface area (Å²) in [7, 11) is 0. The van der Waals surface area contributed by atoms with Crippen LogP contribution in [0.25, 0.3) is 6.08 Å². The van der Waals surface area contributed by atoms with Crippen molar-refractivity contribution in [2.45, 2.75) is 12.3 Å². The van der Waals surface area contributed by atoms with Crippen LogP contribution in [0.2, 0.25) is 0 Å². The van der Waals surface area contributed by atoms with Gasteiger partial charge in [0, 0.05) is 17.7 Å². The predicted octanol–water partition coefficient (Wildman–Crippen LogP) is 5.17. The number of alkyl halides is 3. The molecule has 1 unspecified atom stereocenters. The first-order valence-electron chi connectivity index (χ1n) is 7.10. The van der Waals surface area contributed by atoms with Crippen molar-refractivity contribution in [3.63, 3.8) is 0 Å².